The van der Waals surface area contributed by atoms with Crippen molar-refractivity contribution in [3.05, 3.63) is 29.8 Å². The van der Waals surface area contributed by atoms with Gasteiger partial charge < -0.3 is 15.7 Å². The van der Waals surface area contributed by atoms with E-state index in [0.717, 1.165) is 25.8 Å². The molecule has 1 aliphatic heterocycles. The number of para-hydroxylation sites is 1. The van der Waals surface area contributed by atoms with Gasteiger partial charge in [0.2, 0.25) is 0 Å². The van der Waals surface area contributed by atoms with E-state index in [9.17, 15) is 5.11 Å². The Morgan fingerprint density at radius 1 is 1.44 bits per heavy atom. The van der Waals surface area contributed by atoms with Crippen molar-refractivity contribution in [1.82, 2.24) is 0 Å². The number of aliphatic hydroxyl groups is 1. The molecule has 1 aromatic carbocycles. The summed E-state index contributed by atoms with van der Waals surface area (Å²) in [6.07, 6.45) is 2.84. The number of hydrogen-bond donors (Lipinski definition) is 2. The monoisotopic (exact) mass is 248 g/mol. The minimum absolute atomic E-state index is 0.0769. The minimum atomic E-state index is -0.582. The van der Waals surface area contributed by atoms with Crippen LogP contribution in [0.3, 0.4) is 0 Å². The average molecular weight is 248 g/mol. The summed E-state index contributed by atoms with van der Waals surface area (Å²) in [5, 5.41) is 10.2. The lowest BCUT2D eigenvalue weighted by atomic mass is 9.93. The van der Waals surface area contributed by atoms with Gasteiger partial charge in [-0.05, 0) is 37.8 Å². The van der Waals surface area contributed by atoms with Crippen LogP contribution in [0.4, 0.5) is 5.69 Å². The summed E-state index contributed by atoms with van der Waals surface area (Å²) < 4.78 is 0. The molecule has 3 N–H and O–H groups in total. The van der Waals surface area contributed by atoms with Crippen molar-refractivity contribution >= 4 is 5.69 Å². The summed E-state index contributed by atoms with van der Waals surface area (Å²) in [4.78, 5) is 2.27. The van der Waals surface area contributed by atoms with E-state index in [2.05, 4.69) is 24.0 Å². The lowest BCUT2D eigenvalue weighted by Crippen LogP contribution is -2.46. The van der Waals surface area contributed by atoms with E-state index < -0.39 is 5.60 Å². The van der Waals surface area contributed by atoms with E-state index in [4.69, 9.17) is 5.73 Å². The smallest absolute Gasteiger partial charge is 0.0794 e. The van der Waals surface area contributed by atoms with Crippen LogP contribution in [0.1, 0.15) is 44.7 Å². The zero-order valence-electron chi connectivity index (χ0n) is 11.4. The molecule has 1 heterocycles. The van der Waals surface area contributed by atoms with E-state index in [1.54, 1.807) is 0 Å². The molecule has 2 rings (SSSR count). The fourth-order valence-electron chi connectivity index (χ4n) is 2.73. The van der Waals surface area contributed by atoms with Crippen LogP contribution in [-0.2, 0) is 0 Å². The average Bonchev–Trinajstić information content (AvgIpc) is 2.36. The highest BCUT2D eigenvalue weighted by atomic mass is 16.3. The van der Waals surface area contributed by atoms with E-state index in [1.165, 1.54) is 11.3 Å². The van der Waals surface area contributed by atoms with Crippen molar-refractivity contribution in [1.29, 1.82) is 0 Å². The molecule has 3 heteroatoms. The number of rotatable bonds is 3. The number of benzene rings is 1. The summed E-state index contributed by atoms with van der Waals surface area (Å²) >= 11 is 0. The Morgan fingerprint density at radius 3 is 2.83 bits per heavy atom. The fraction of sp³-hybridized carbons (Fsp3) is 0.600. The van der Waals surface area contributed by atoms with Gasteiger partial charge in [-0.25, -0.2) is 0 Å². The van der Waals surface area contributed by atoms with Gasteiger partial charge in [0, 0.05) is 24.8 Å². The number of β-amino-alcohol motifs (C(OH)–C–C–N with tert-alkyl or cyclic N) is 1. The lowest BCUT2D eigenvalue weighted by Gasteiger charge is -2.39. The molecule has 0 bridgehead atoms. The number of hydrogen-bond acceptors (Lipinski definition) is 3. The van der Waals surface area contributed by atoms with Crippen LogP contribution in [0, 0.1) is 0 Å². The van der Waals surface area contributed by atoms with Gasteiger partial charge in [-0.3, -0.25) is 0 Å². The summed E-state index contributed by atoms with van der Waals surface area (Å²) in [5.74, 6) is 0. The minimum Gasteiger partial charge on any atom is -0.388 e. The molecule has 0 aromatic heterocycles. The van der Waals surface area contributed by atoms with Gasteiger partial charge in [-0.15, -0.1) is 0 Å². The van der Waals surface area contributed by atoms with Gasteiger partial charge in [-0.2, -0.15) is 0 Å². The van der Waals surface area contributed by atoms with Crippen molar-refractivity contribution < 1.29 is 5.11 Å². The molecule has 1 fully saturated rings. The molecule has 100 valence electrons. The predicted molar refractivity (Wildman–Crippen MR) is 75.7 cm³/mol. The zero-order valence-corrected chi connectivity index (χ0v) is 11.4. The molecular formula is C15H24N2O. The second kappa shape index (κ2) is 5.29. The molecule has 1 unspecified atom stereocenters. The van der Waals surface area contributed by atoms with Gasteiger partial charge in [0.1, 0.15) is 0 Å². The first-order chi connectivity index (χ1) is 8.53. The van der Waals surface area contributed by atoms with Crippen LogP contribution in [0.25, 0.3) is 0 Å². The molecule has 0 aliphatic carbocycles. The van der Waals surface area contributed by atoms with Crippen LogP contribution < -0.4 is 10.6 Å². The van der Waals surface area contributed by atoms with Gasteiger partial charge in [0.05, 0.1) is 5.60 Å². The predicted octanol–water partition coefficient (Wildman–Crippen LogP) is 2.45. The van der Waals surface area contributed by atoms with Crippen molar-refractivity contribution in [3.8, 4) is 0 Å². The Labute approximate surface area is 110 Å². The third-order valence-electron chi connectivity index (χ3n) is 3.79. The van der Waals surface area contributed by atoms with E-state index in [-0.39, 0.29) is 6.04 Å². The quantitative estimate of drug-likeness (QED) is 0.864. The highest BCUT2D eigenvalue weighted by Crippen LogP contribution is 2.31. The highest BCUT2D eigenvalue weighted by Gasteiger charge is 2.29. The normalized spacial score (nSPS) is 26.1. The molecule has 1 aliphatic rings. The van der Waals surface area contributed by atoms with Gasteiger partial charge in [0.25, 0.3) is 0 Å². The summed E-state index contributed by atoms with van der Waals surface area (Å²) in [6.45, 7) is 5.72. The van der Waals surface area contributed by atoms with Gasteiger partial charge in [-0.1, -0.05) is 25.1 Å². The Balaban J connectivity index is 2.27. The molecule has 0 spiro atoms. The first-order valence-electron chi connectivity index (χ1n) is 6.85. The standard InChI is InChI=1S/C15H24N2O/c1-3-13(16)12-7-4-5-8-14(12)17-10-6-9-15(2,18)11-17/h4-5,7-8,13,18H,3,6,9-11,16H2,1-2H3/t13-,15?/m1/s1. The molecular weight excluding hydrogens is 224 g/mol. The summed E-state index contributed by atoms with van der Waals surface area (Å²) in [5.41, 5.74) is 7.98. The molecule has 1 saturated heterocycles. The SMILES string of the molecule is CC[C@@H](N)c1ccccc1N1CCCC(C)(O)C1. The van der Waals surface area contributed by atoms with E-state index in [1.807, 2.05) is 19.1 Å². The van der Waals surface area contributed by atoms with Crippen molar-refractivity contribution in [2.75, 3.05) is 18.0 Å². The number of nitrogens with two attached hydrogens (primary N) is 1. The Hall–Kier alpha value is -1.06. The largest absolute Gasteiger partial charge is 0.388 e. The van der Waals surface area contributed by atoms with Gasteiger partial charge >= 0.3 is 0 Å². The van der Waals surface area contributed by atoms with Crippen LogP contribution >= 0.6 is 0 Å². The lowest BCUT2D eigenvalue weighted by molar-refractivity contribution is 0.0449. The van der Waals surface area contributed by atoms with E-state index in [0.29, 0.717) is 6.54 Å². The first kappa shape index (κ1) is 13.4. The maximum absolute atomic E-state index is 10.2. The third kappa shape index (κ3) is 2.85. The maximum atomic E-state index is 10.2. The molecule has 3 nitrogen and oxygen atoms in total. The zero-order chi connectivity index (χ0) is 13.2. The fourth-order valence-corrected chi connectivity index (χ4v) is 2.73. The summed E-state index contributed by atoms with van der Waals surface area (Å²) in [6, 6.07) is 8.38. The number of nitrogens with zero attached hydrogens (tertiary/aromatic N) is 1. The third-order valence-corrected chi connectivity index (χ3v) is 3.79. The Bertz CT molecular complexity index is 403. The molecule has 1 aromatic rings. The molecule has 18 heavy (non-hydrogen) atoms. The number of anilines is 1. The Morgan fingerprint density at radius 2 is 2.17 bits per heavy atom. The second-order valence-corrected chi connectivity index (χ2v) is 5.60. The maximum Gasteiger partial charge on any atom is 0.0794 e. The summed E-state index contributed by atoms with van der Waals surface area (Å²) in [7, 11) is 0. The molecule has 0 amide bonds. The second-order valence-electron chi connectivity index (χ2n) is 5.60. The molecule has 0 radical (unpaired) electrons. The first-order valence-corrected chi connectivity index (χ1v) is 6.85. The highest BCUT2D eigenvalue weighted by molar-refractivity contribution is 5.55. The number of piperidine rings is 1. The van der Waals surface area contributed by atoms with Crippen LogP contribution in [0.5, 0.6) is 0 Å². The molecule has 2 atom stereocenters. The van der Waals surface area contributed by atoms with Crippen molar-refractivity contribution in [2.24, 2.45) is 5.73 Å². The van der Waals surface area contributed by atoms with E-state index >= 15 is 0 Å². The van der Waals surface area contributed by atoms with Crippen LogP contribution in [-0.4, -0.2) is 23.8 Å². The topological polar surface area (TPSA) is 49.5 Å². The van der Waals surface area contributed by atoms with Crippen molar-refractivity contribution in [3.63, 3.8) is 0 Å². The van der Waals surface area contributed by atoms with Crippen LogP contribution in [0.2, 0.25) is 0 Å². The Kier molecular flexibility index (Phi) is 3.93. The van der Waals surface area contributed by atoms with Crippen LogP contribution in [0.15, 0.2) is 24.3 Å². The van der Waals surface area contributed by atoms with Gasteiger partial charge in [0.15, 0.2) is 0 Å². The van der Waals surface area contributed by atoms with Crippen molar-refractivity contribution in [2.45, 2.75) is 44.8 Å². The molecule has 0 saturated carbocycles.